The molecule has 1 saturated carbocycles. The number of hydrogen-bond donors (Lipinski definition) is 3. The summed E-state index contributed by atoms with van der Waals surface area (Å²) < 4.78 is 40.1. The predicted octanol–water partition coefficient (Wildman–Crippen LogP) is 2.53. The molecule has 0 radical (unpaired) electrons. The van der Waals surface area contributed by atoms with Gasteiger partial charge in [0.15, 0.2) is 5.69 Å². The third kappa shape index (κ3) is 3.70. The molecule has 0 spiro atoms. The molecule has 2 aromatic rings. The summed E-state index contributed by atoms with van der Waals surface area (Å²) in [4.78, 5) is 0. The highest BCUT2D eigenvalue weighted by molar-refractivity contribution is 5.49. The molecular weight excluding hydrogens is 323 g/mol. The summed E-state index contributed by atoms with van der Waals surface area (Å²) >= 11 is 0. The summed E-state index contributed by atoms with van der Waals surface area (Å²) in [6, 6.07) is 7.87. The number of nitrogens with one attached hydrogen (secondary N) is 1. The third-order valence-corrected chi connectivity index (χ3v) is 3.89. The number of aliphatic hydroxyl groups excluding tert-OH is 2. The van der Waals surface area contributed by atoms with Crippen molar-refractivity contribution in [3.8, 4) is 5.69 Å². The average Bonchev–Trinajstić information content (AvgIpc) is 3.30. The minimum atomic E-state index is -4.46. The van der Waals surface area contributed by atoms with Crippen molar-refractivity contribution in [3.63, 3.8) is 0 Å². The first-order valence-electron chi connectivity index (χ1n) is 7.69. The van der Waals surface area contributed by atoms with Crippen LogP contribution in [0.2, 0.25) is 0 Å². The molecule has 0 saturated heterocycles. The molecular formula is C16H18F3N3O2. The van der Waals surface area contributed by atoms with Gasteiger partial charge in [-0.2, -0.15) is 18.3 Å². The summed E-state index contributed by atoms with van der Waals surface area (Å²) in [5, 5.41) is 24.7. The second-order valence-corrected chi connectivity index (χ2v) is 5.90. The Morgan fingerprint density at radius 2 is 1.92 bits per heavy atom. The Morgan fingerprint density at radius 3 is 2.46 bits per heavy atom. The van der Waals surface area contributed by atoms with Crippen molar-refractivity contribution in [3.05, 3.63) is 41.7 Å². The van der Waals surface area contributed by atoms with E-state index in [1.807, 2.05) is 0 Å². The molecule has 1 aromatic heterocycles. The fourth-order valence-corrected chi connectivity index (χ4v) is 2.43. The van der Waals surface area contributed by atoms with E-state index in [2.05, 4.69) is 10.4 Å². The van der Waals surface area contributed by atoms with Crippen LogP contribution in [0, 0.1) is 0 Å². The predicted molar refractivity (Wildman–Crippen MR) is 82.1 cm³/mol. The molecule has 8 heteroatoms. The second-order valence-electron chi connectivity index (χ2n) is 5.90. The zero-order chi connectivity index (χ0) is 17.3. The van der Waals surface area contributed by atoms with Crippen LogP contribution < -0.4 is 5.32 Å². The monoisotopic (exact) mass is 341 g/mol. The summed E-state index contributed by atoms with van der Waals surface area (Å²) in [5.41, 5.74) is 0.958. The van der Waals surface area contributed by atoms with E-state index in [0.29, 0.717) is 17.1 Å². The van der Waals surface area contributed by atoms with E-state index < -0.39 is 18.0 Å². The molecule has 24 heavy (non-hydrogen) atoms. The molecule has 0 amide bonds. The summed E-state index contributed by atoms with van der Waals surface area (Å²) in [5.74, 6) is 0.131. The quantitative estimate of drug-likeness (QED) is 0.755. The number of aromatic nitrogens is 2. The molecule has 1 atom stereocenters. The van der Waals surface area contributed by atoms with E-state index in [1.165, 1.54) is 4.68 Å². The van der Waals surface area contributed by atoms with Gasteiger partial charge in [0.2, 0.25) is 0 Å². The van der Waals surface area contributed by atoms with Gasteiger partial charge in [-0.1, -0.05) is 0 Å². The Bertz CT molecular complexity index is 694. The first-order chi connectivity index (χ1) is 11.4. The van der Waals surface area contributed by atoms with Gasteiger partial charge in [-0.3, -0.25) is 0 Å². The van der Waals surface area contributed by atoms with E-state index in [1.54, 1.807) is 24.3 Å². The van der Waals surface area contributed by atoms with Crippen LogP contribution in [0.5, 0.6) is 0 Å². The van der Waals surface area contributed by atoms with Gasteiger partial charge in [0.25, 0.3) is 0 Å². The van der Waals surface area contributed by atoms with Crippen LogP contribution >= 0.6 is 0 Å². The van der Waals surface area contributed by atoms with Crippen molar-refractivity contribution >= 4 is 5.69 Å². The van der Waals surface area contributed by atoms with E-state index >= 15 is 0 Å². The largest absolute Gasteiger partial charge is 0.435 e. The lowest BCUT2D eigenvalue weighted by Crippen LogP contribution is -2.22. The lowest BCUT2D eigenvalue weighted by atomic mass is 10.2. The van der Waals surface area contributed by atoms with E-state index in [4.69, 9.17) is 5.11 Å². The Labute approximate surface area is 136 Å². The third-order valence-electron chi connectivity index (χ3n) is 3.89. The van der Waals surface area contributed by atoms with Crippen LogP contribution in [0.25, 0.3) is 5.69 Å². The number of aliphatic hydroxyl groups is 2. The first kappa shape index (κ1) is 16.8. The van der Waals surface area contributed by atoms with Crippen LogP contribution in [0.15, 0.2) is 30.3 Å². The molecule has 3 rings (SSSR count). The van der Waals surface area contributed by atoms with E-state index in [9.17, 15) is 18.3 Å². The molecule has 1 heterocycles. The van der Waals surface area contributed by atoms with E-state index in [0.717, 1.165) is 18.9 Å². The van der Waals surface area contributed by atoms with Crippen molar-refractivity contribution in [1.29, 1.82) is 0 Å². The van der Waals surface area contributed by atoms with Crippen molar-refractivity contribution < 1.29 is 23.4 Å². The van der Waals surface area contributed by atoms with Gasteiger partial charge in [0.1, 0.15) is 0 Å². The lowest BCUT2D eigenvalue weighted by Gasteiger charge is -2.11. The summed E-state index contributed by atoms with van der Waals surface area (Å²) in [6.45, 7) is -0.160. The molecule has 0 aliphatic heterocycles. The van der Waals surface area contributed by atoms with Gasteiger partial charge in [-0.05, 0) is 43.2 Å². The van der Waals surface area contributed by atoms with Crippen molar-refractivity contribution in [1.82, 2.24) is 9.78 Å². The Kier molecular flexibility index (Phi) is 4.51. The van der Waals surface area contributed by atoms with Gasteiger partial charge in [-0.15, -0.1) is 0 Å². The van der Waals surface area contributed by atoms with Gasteiger partial charge < -0.3 is 15.5 Å². The Balaban J connectivity index is 1.82. The highest BCUT2D eigenvalue weighted by Gasteiger charge is 2.38. The normalized spacial score (nSPS) is 16.2. The van der Waals surface area contributed by atoms with Gasteiger partial charge in [-0.25, -0.2) is 4.68 Å². The van der Waals surface area contributed by atoms with Crippen LogP contribution in [0.1, 0.15) is 30.1 Å². The lowest BCUT2D eigenvalue weighted by molar-refractivity contribution is -0.141. The molecule has 1 aliphatic rings. The fraction of sp³-hybridized carbons (Fsp3) is 0.438. The summed E-state index contributed by atoms with van der Waals surface area (Å²) in [6.07, 6.45) is -3.58. The highest BCUT2D eigenvalue weighted by atomic mass is 19.4. The zero-order valence-electron chi connectivity index (χ0n) is 12.8. The molecule has 1 fully saturated rings. The molecule has 130 valence electrons. The maximum atomic E-state index is 12.9. The van der Waals surface area contributed by atoms with Crippen molar-refractivity contribution in [2.24, 2.45) is 0 Å². The zero-order valence-corrected chi connectivity index (χ0v) is 12.8. The van der Waals surface area contributed by atoms with Crippen molar-refractivity contribution in [2.75, 3.05) is 18.5 Å². The molecule has 5 nitrogen and oxygen atoms in total. The SMILES string of the molecule is OCC(O)CNc1ccc(-n2nc(C(F)(F)F)cc2C2CC2)cc1. The smallest absolute Gasteiger partial charge is 0.394 e. The minimum absolute atomic E-state index is 0.131. The van der Waals surface area contributed by atoms with Gasteiger partial charge in [0.05, 0.1) is 18.4 Å². The second kappa shape index (κ2) is 6.45. The number of anilines is 1. The maximum absolute atomic E-state index is 12.9. The maximum Gasteiger partial charge on any atom is 0.435 e. The minimum Gasteiger partial charge on any atom is -0.394 e. The Hall–Kier alpha value is -2.06. The first-order valence-corrected chi connectivity index (χ1v) is 7.69. The van der Waals surface area contributed by atoms with Crippen LogP contribution in [-0.4, -0.2) is 39.2 Å². The topological polar surface area (TPSA) is 70.3 Å². The van der Waals surface area contributed by atoms with Gasteiger partial charge in [0, 0.05) is 23.8 Å². The number of alkyl halides is 3. The number of rotatable bonds is 6. The fourth-order valence-electron chi connectivity index (χ4n) is 2.43. The molecule has 3 N–H and O–H groups in total. The van der Waals surface area contributed by atoms with E-state index in [-0.39, 0.29) is 19.1 Å². The molecule has 0 bridgehead atoms. The van der Waals surface area contributed by atoms with Crippen LogP contribution in [0.3, 0.4) is 0 Å². The number of nitrogens with zero attached hydrogens (tertiary/aromatic N) is 2. The molecule has 1 aromatic carbocycles. The molecule has 1 aliphatic carbocycles. The standard InChI is InChI=1S/C16H18F3N3O2/c17-16(18,19)15-7-14(10-1-2-10)22(21-15)12-5-3-11(4-6-12)20-8-13(24)9-23/h3-7,10,13,20,23-24H,1-2,8-9H2. The summed E-state index contributed by atoms with van der Waals surface area (Å²) in [7, 11) is 0. The highest BCUT2D eigenvalue weighted by Crippen LogP contribution is 2.42. The van der Waals surface area contributed by atoms with Crippen LogP contribution in [0.4, 0.5) is 18.9 Å². The average molecular weight is 341 g/mol. The molecule has 1 unspecified atom stereocenters. The number of benzene rings is 1. The number of halogens is 3. The van der Waals surface area contributed by atoms with Crippen molar-refractivity contribution in [2.45, 2.75) is 31.0 Å². The number of hydrogen-bond acceptors (Lipinski definition) is 4. The van der Waals surface area contributed by atoms with Gasteiger partial charge >= 0.3 is 6.18 Å². The Morgan fingerprint density at radius 1 is 1.25 bits per heavy atom. The van der Waals surface area contributed by atoms with Crippen LogP contribution in [-0.2, 0) is 6.18 Å².